The number of anilines is 1. The Morgan fingerprint density at radius 3 is 2.31 bits per heavy atom. The van der Waals surface area contributed by atoms with Crippen LogP contribution in [0.4, 0.5) is 5.69 Å². The quantitative estimate of drug-likeness (QED) is 0.269. The van der Waals surface area contributed by atoms with Crippen molar-refractivity contribution in [2.75, 3.05) is 25.2 Å². The Bertz CT molecular complexity index is 1280. The third kappa shape index (κ3) is 5.78. The van der Waals surface area contributed by atoms with E-state index in [0.29, 0.717) is 22.6 Å². The zero-order valence-corrected chi connectivity index (χ0v) is 19.9. The molecule has 36 heavy (non-hydrogen) atoms. The monoisotopic (exact) mass is 487 g/mol. The van der Waals surface area contributed by atoms with Gasteiger partial charge >= 0.3 is 11.9 Å². The third-order valence-electron chi connectivity index (χ3n) is 5.84. The number of nitrogens with zero attached hydrogens (tertiary/aromatic N) is 1. The molecule has 3 aromatic carbocycles. The molecule has 0 spiro atoms. The van der Waals surface area contributed by atoms with E-state index in [2.05, 4.69) is 0 Å². The maximum absolute atomic E-state index is 12.5. The molecule has 0 bridgehead atoms. The van der Waals surface area contributed by atoms with E-state index in [1.807, 2.05) is 19.1 Å². The second kappa shape index (κ2) is 10.9. The number of Topliss-reactive ketones (excluding diaryl/α,β-unsaturated/α-hetero) is 1. The smallest absolute Gasteiger partial charge is 0.343 e. The number of hydrogen-bond acceptors (Lipinski definition) is 7. The molecule has 3 aromatic rings. The standard InChI is InChI=1S/C28H25NO7/c1-18-6-8-20(9-7-18)28(33)36-23-12-10-19(11-13-23)25(30)17-35-27(32)21-14-26(31)29(16-21)22-4-3-5-24(15-22)34-2/h3-13,15,21H,14,16-17H2,1-2H3. The van der Waals surface area contributed by atoms with Crippen LogP contribution in [0.1, 0.15) is 32.7 Å². The van der Waals surface area contributed by atoms with Gasteiger partial charge in [0, 0.05) is 30.3 Å². The summed E-state index contributed by atoms with van der Waals surface area (Å²) in [7, 11) is 1.54. The average Bonchev–Trinajstić information content (AvgIpc) is 3.29. The van der Waals surface area contributed by atoms with Gasteiger partial charge in [-0.1, -0.05) is 23.8 Å². The first-order valence-electron chi connectivity index (χ1n) is 11.4. The van der Waals surface area contributed by atoms with E-state index < -0.39 is 30.2 Å². The molecule has 1 fully saturated rings. The maximum Gasteiger partial charge on any atom is 0.343 e. The van der Waals surface area contributed by atoms with Crippen molar-refractivity contribution >= 4 is 29.3 Å². The highest BCUT2D eigenvalue weighted by Crippen LogP contribution is 2.28. The molecule has 1 atom stereocenters. The fourth-order valence-electron chi connectivity index (χ4n) is 3.80. The number of aryl methyl sites for hydroxylation is 1. The third-order valence-corrected chi connectivity index (χ3v) is 5.84. The van der Waals surface area contributed by atoms with Crippen molar-refractivity contribution < 1.29 is 33.4 Å². The summed E-state index contributed by atoms with van der Waals surface area (Å²) < 4.78 is 15.7. The van der Waals surface area contributed by atoms with Gasteiger partial charge < -0.3 is 19.1 Å². The van der Waals surface area contributed by atoms with Crippen LogP contribution in [-0.2, 0) is 14.3 Å². The number of carbonyl (C=O) groups is 4. The van der Waals surface area contributed by atoms with E-state index in [4.69, 9.17) is 14.2 Å². The van der Waals surface area contributed by atoms with Gasteiger partial charge in [-0.2, -0.15) is 0 Å². The summed E-state index contributed by atoms with van der Waals surface area (Å²) in [4.78, 5) is 51.2. The van der Waals surface area contributed by atoms with Crippen LogP contribution in [0.25, 0.3) is 0 Å². The van der Waals surface area contributed by atoms with Crippen LogP contribution in [0.2, 0.25) is 0 Å². The fourth-order valence-corrected chi connectivity index (χ4v) is 3.80. The van der Waals surface area contributed by atoms with Gasteiger partial charge in [-0.05, 0) is 55.5 Å². The molecule has 1 unspecified atom stereocenters. The Morgan fingerprint density at radius 2 is 1.61 bits per heavy atom. The Hall–Kier alpha value is -4.46. The molecule has 1 saturated heterocycles. The molecule has 1 amide bonds. The zero-order valence-electron chi connectivity index (χ0n) is 19.9. The molecule has 0 aliphatic carbocycles. The average molecular weight is 488 g/mol. The van der Waals surface area contributed by atoms with Gasteiger partial charge in [0.25, 0.3) is 0 Å². The van der Waals surface area contributed by atoms with E-state index in [1.165, 1.54) is 36.3 Å². The summed E-state index contributed by atoms with van der Waals surface area (Å²) in [5.74, 6) is -1.49. The number of carbonyl (C=O) groups excluding carboxylic acids is 4. The van der Waals surface area contributed by atoms with Gasteiger partial charge in [0.05, 0.1) is 18.6 Å². The van der Waals surface area contributed by atoms with Crippen molar-refractivity contribution in [3.8, 4) is 11.5 Å². The summed E-state index contributed by atoms with van der Waals surface area (Å²) in [6.45, 7) is 1.64. The number of rotatable bonds is 8. The van der Waals surface area contributed by atoms with Gasteiger partial charge in [0.1, 0.15) is 11.5 Å². The number of hydrogen-bond donors (Lipinski definition) is 0. The van der Waals surface area contributed by atoms with E-state index in [9.17, 15) is 19.2 Å². The molecule has 0 saturated carbocycles. The summed E-state index contributed by atoms with van der Waals surface area (Å²) in [6.07, 6.45) is 0.00524. The Balaban J connectivity index is 1.29. The lowest BCUT2D eigenvalue weighted by Crippen LogP contribution is -2.27. The highest BCUT2D eigenvalue weighted by Gasteiger charge is 2.36. The summed E-state index contributed by atoms with van der Waals surface area (Å²) in [6, 6.07) is 20.0. The minimum Gasteiger partial charge on any atom is -0.497 e. The minimum atomic E-state index is -0.667. The SMILES string of the molecule is COc1cccc(N2CC(C(=O)OCC(=O)c3ccc(OC(=O)c4ccc(C)cc4)cc3)CC2=O)c1. The molecule has 184 valence electrons. The van der Waals surface area contributed by atoms with Crippen molar-refractivity contribution in [2.45, 2.75) is 13.3 Å². The van der Waals surface area contributed by atoms with Crippen molar-refractivity contribution in [3.05, 3.63) is 89.5 Å². The first-order chi connectivity index (χ1) is 17.3. The molecule has 0 aromatic heterocycles. The van der Waals surface area contributed by atoms with E-state index in [0.717, 1.165) is 5.56 Å². The van der Waals surface area contributed by atoms with Crippen molar-refractivity contribution in [3.63, 3.8) is 0 Å². The number of ether oxygens (including phenoxy) is 3. The van der Waals surface area contributed by atoms with Crippen LogP contribution in [0, 0.1) is 12.8 Å². The number of methoxy groups -OCH3 is 1. The second-order valence-electron chi connectivity index (χ2n) is 8.42. The molecule has 4 rings (SSSR count). The van der Waals surface area contributed by atoms with E-state index >= 15 is 0 Å². The van der Waals surface area contributed by atoms with Crippen molar-refractivity contribution in [2.24, 2.45) is 5.92 Å². The van der Waals surface area contributed by atoms with Gasteiger partial charge in [0.15, 0.2) is 12.4 Å². The molecular weight excluding hydrogens is 462 g/mol. The molecule has 0 radical (unpaired) electrons. The van der Waals surface area contributed by atoms with Crippen LogP contribution in [0.3, 0.4) is 0 Å². The summed E-state index contributed by atoms with van der Waals surface area (Å²) in [5, 5.41) is 0. The lowest BCUT2D eigenvalue weighted by molar-refractivity contribution is -0.147. The predicted octanol–water partition coefficient (Wildman–Crippen LogP) is 4.00. The maximum atomic E-state index is 12.5. The van der Waals surface area contributed by atoms with Crippen molar-refractivity contribution in [1.82, 2.24) is 0 Å². The first-order valence-corrected chi connectivity index (χ1v) is 11.4. The lowest BCUT2D eigenvalue weighted by Gasteiger charge is -2.17. The largest absolute Gasteiger partial charge is 0.497 e. The molecule has 1 heterocycles. The van der Waals surface area contributed by atoms with Crippen LogP contribution in [0.15, 0.2) is 72.8 Å². The summed E-state index contributed by atoms with van der Waals surface area (Å²) in [5.41, 5.74) is 2.39. The molecule has 8 heteroatoms. The van der Waals surface area contributed by atoms with Crippen LogP contribution in [0.5, 0.6) is 11.5 Å². The number of benzene rings is 3. The van der Waals surface area contributed by atoms with Gasteiger partial charge in [0.2, 0.25) is 5.91 Å². The molecular formula is C28H25NO7. The fraction of sp³-hybridized carbons (Fsp3) is 0.214. The Labute approximate surface area is 208 Å². The Morgan fingerprint density at radius 1 is 0.917 bits per heavy atom. The van der Waals surface area contributed by atoms with Gasteiger partial charge in [-0.25, -0.2) is 4.79 Å². The number of ketones is 1. The molecule has 1 aliphatic rings. The van der Waals surface area contributed by atoms with E-state index in [-0.39, 0.29) is 24.6 Å². The minimum absolute atomic E-state index is 0.00524. The molecule has 0 N–H and O–H groups in total. The van der Waals surface area contributed by atoms with Gasteiger partial charge in [-0.3, -0.25) is 14.4 Å². The molecule has 8 nitrogen and oxygen atoms in total. The van der Waals surface area contributed by atoms with E-state index in [1.54, 1.807) is 36.4 Å². The van der Waals surface area contributed by atoms with Crippen LogP contribution >= 0.6 is 0 Å². The zero-order chi connectivity index (χ0) is 25.7. The van der Waals surface area contributed by atoms with Gasteiger partial charge in [-0.15, -0.1) is 0 Å². The summed E-state index contributed by atoms with van der Waals surface area (Å²) >= 11 is 0. The lowest BCUT2D eigenvalue weighted by atomic mass is 10.1. The second-order valence-corrected chi connectivity index (χ2v) is 8.42. The Kier molecular flexibility index (Phi) is 7.44. The topological polar surface area (TPSA) is 99.2 Å². The molecule has 1 aliphatic heterocycles. The highest BCUT2D eigenvalue weighted by atomic mass is 16.5. The van der Waals surface area contributed by atoms with Crippen LogP contribution in [-0.4, -0.2) is 43.9 Å². The number of esters is 2. The van der Waals surface area contributed by atoms with Crippen molar-refractivity contribution in [1.29, 1.82) is 0 Å². The predicted molar refractivity (Wildman–Crippen MR) is 131 cm³/mol. The number of amides is 1. The normalized spacial score (nSPS) is 14.9. The van der Waals surface area contributed by atoms with Crippen LogP contribution < -0.4 is 14.4 Å². The highest BCUT2D eigenvalue weighted by molar-refractivity contribution is 6.01. The first kappa shape index (κ1) is 24.7.